The van der Waals surface area contributed by atoms with Crippen molar-refractivity contribution >= 4 is 5.91 Å². The lowest BCUT2D eigenvalue weighted by Crippen LogP contribution is -2.49. The number of amides is 1. The Kier molecular flexibility index (Phi) is 4.03. The first-order valence-corrected chi connectivity index (χ1v) is 7.36. The van der Waals surface area contributed by atoms with Gasteiger partial charge in [-0.2, -0.15) is 0 Å². The highest BCUT2D eigenvalue weighted by Gasteiger charge is 2.37. The molecule has 2 aliphatic rings. The van der Waals surface area contributed by atoms with Gasteiger partial charge in [-0.3, -0.25) is 4.79 Å². The van der Waals surface area contributed by atoms with Crippen molar-refractivity contribution in [1.82, 2.24) is 4.90 Å². The summed E-state index contributed by atoms with van der Waals surface area (Å²) in [7, 11) is 0. The highest BCUT2D eigenvalue weighted by atomic mass is 16.5. The number of hydrogen-bond donors (Lipinski definition) is 1. The van der Waals surface area contributed by atoms with E-state index in [0.29, 0.717) is 25.5 Å². The maximum absolute atomic E-state index is 12.5. The van der Waals surface area contributed by atoms with E-state index in [2.05, 4.69) is 0 Å². The minimum atomic E-state index is -0.325. The highest BCUT2D eigenvalue weighted by molar-refractivity contribution is 5.77. The fraction of sp³-hybridized carbons (Fsp3) is 0.562. The van der Waals surface area contributed by atoms with E-state index in [1.807, 2.05) is 35.2 Å². The molecule has 2 atom stereocenters. The number of aliphatic hydroxyl groups is 1. The van der Waals surface area contributed by atoms with Gasteiger partial charge in [-0.1, -0.05) is 30.3 Å². The minimum absolute atomic E-state index is 0.0627. The summed E-state index contributed by atoms with van der Waals surface area (Å²) in [6.07, 6.45) is 2.67. The summed E-state index contributed by atoms with van der Waals surface area (Å²) >= 11 is 0. The fourth-order valence-corrected chi connectivity index (χ4v) is 2.90. The number of nitrogens with zero attached hydrogens (tertiary/aromatic N) is 1. The molecule has 1 aromatic rings. The van der Waals surface area contributed by atoms with Crippen molar-refractivity contribution in [2.45, 2.75) is 31.4 Å². The summed E-state index contributed by atoms with van der Waals surface area (Å²) in [6, 6.07) is 9.71. The molecular weight excluding hydrogens is 254 g/mol. The van der Waals surface area contributed by atoms with Crippen LogP contribution in [0.25, 0.3) is 0 Å². The maximum atomic E-state index is 12.5. The van der Waals surface area contributed by atoms with Gasteiger partial charge in [0.2, 0.25) is 5.91 Å². The first kappa shape index (κ1) is 13.6. The average Bonchev–Trinajstić information content (AvgIpc) is 3.31. The molecule has 1 aliphatic carbocycles. The molecule has 0 radical (unpaired) electrons. The van der Waals surface area contributed by atoms with E-state index in [1.54, 1.807) is 0 Å². The Morgan fingerprint density at radius 1 is 1.30 bits per heavy atom. The lowest BCUT2D eigenvalue weighted by atomic mass is 9.97. The van der Waals surface area contributed by atoms with E-state index < -0.39 is 0 Å². The van der Waals surface area contributed by atoms with Gasteiger partial charge in [-0.15, -0.1) is 0 Å². The fourth-order valence-electron chi connectivity index (χ4n) is 2.90. The minimum Gasteiger partial charge on any atom is -0.394 e. The molecule has 4 nitrogen and oxygen atoms in total. The van der Waals surface area contributed by atoms with Gasteiger partial charge >= 0.3 is 0 Å². The lowest BCUT2D eigenvalue weighted by molar-refractivity contribution is -0.150. The maximum Gasteiger partial charge on any atom is 0.223 e. The van der Waals surface area contributed by atoms with Crippen molar-refractivity contribution in [2.75, 3.05) is 19.8 Å². The molecule has 0 unspecified atom stereocenters. The van der Waals surface area contributed by atoms with Gasteiger partial charge in [0.15, 0.2) is 0 Å². The molecular formula is C16H21NO3. The number of rotatable bonds is 4. The van der Waals surface area contributed by atoms with Gasteiger partial charge in [-0.05, 0) is 24.3 Å². The van der Waals surface area contributed by atoms with E-state index in [1.165, 1.54) is 12.8 Å². The van der Waals surface area contributed by atoms with Gasteiger partial charge in [0, 0.05) is 13.0 Å². The Bertz CT molecular complexity index is 458. The molecule has 108 valence electrons. The molecule has 0 aromatic heterocycles. The third kappa shape index (κ3) is 2.86. The molecule has 20 heavy (non-hydrogen) atoms. The summed E-state index contributed by atoms with van der Waals surface area (Å²) in [6.45, 7) is 1.05. The molecule has 1 aliphatic heterocycles. The first-order valence-electron chi connectivity index (χ1n) is 7.36. The van der Waals surface area contributed by atoms with Gasteiger partial charge in [0.05, 0.1) is 19.3 Å². The molecule has 1 N–H and O–H groups in total. The SMILES string of the molecule is O=C(CC1CC1)N1CCO[C@H](CO)[C@H]1c1ccccc1. The molecule has 4 heteroatoms. The largest absolute Gasteiger partial charge is 0.394 e. The quantitative estimate of drug-likeness (QED) is 0.910. The van der Waals surface area contributed by atoms with Gasteiger partial charge in [0.25, 0.3) is 0 Å². The van der Waals surface area contributed by atoms with E-state index in [-0.39, 0.29) is 24.7 Å². The van der Waals surface area contributed by atoms with Crippen molar-refractivity contribution < 1.29 is 14.6 Å². The van der Waals surface area contributed by atoms with Crippen molar-refractivity contribution in [3.63, 3.8) is 0 Å². The van der Waals surface area contributed by atoms with Crippen molar-refractivity contribution in [3.05, 3.63) is 35.9 Å². The molecule has 1 saturated heterocycles. The van der Waals surface area contributed by atoms with Crippen LogP contribution in [0.15, 0.2) is 30.3 Å². The first-order chi connectivity index (χ1) is 9.79. The molecule has 1 heterocycles. The van der Waals surface area contributed by atoms with E-state index >= 15 is 0 Å². The number of carbonyl (C=O) groups is 1. The molecule has 3 rings (SSSR count). The zero-order chi connectivity index (χ0) is 13.9. The monoisotopic (exact) mass is 275 g/mol. The van der Waals surface area contributed by atoms with Crippen molar-refractivity contribution in [2.24, 2.45) is 5.92 Å². The van der Waals surface area contributed by atoms with Crippen LogP contribution in [-0.2, 0) is 9.53 Å². The lowest BCUT2D eigenvalue weighted by Gasteiger charge is -2.41. The second kappa shape index (κ2) is 5.94. The van der Waals surface area contributed by atoms with E-state index in [0.717, 1.165) is 5.56 Å². The van der Waals surface area contributed by atoms with Crippen LogP contribution in [0.2, 0.25) is 0 Å². The molecule has 1 aromatic carbocycles. The summed E-state index contributed by atoms with van der Waals surface area (Å²) in [4.78, 5) is 14.4. The number of benzene rings is 1. The molecule has 0 bridgehead atoms. The average molecular weight is 275 g/mol. The smallest absolute Gasteiger partial charge is 0.223 e. The Balaban J connectivity index is 1.83. The van der Waals surface area contributed by atoms with Crippen LogP contribution < -0.4 is 0 Å². The zero-order valence-corrected chi connectivity index (χ0v) is 11.6. The van der Waals surface area contributed by atoms with Crippen molar-refractivity contribution in [3.8, 4) is 0 Å². The molecule has 1 amide bonds. The highest BCUT2D eigenvalue weighted by Crippen LogP contribution is 2.36. The van der Waals surface area contributed by atoms with Crippen LogP contribution in [0, 0.1) is 5.92 Å². The van der Waals surface area contributed by atoms with Gasteiger partial charge in [-0.25, -0.2) is 0 Å². The standard InChI is InChI=1S/C16H21NO3/c18-11-14-16(13-4-2-1-3-5-13)17(8-9-20-14)15(19)10-12-6-7-12/h1-5,12,14,16,18H,6-11H2/t14-,16-/m1/s1. The summed E-state index contributed by atoms with van der Waals surface area (Å²) in [5, 5.41) is 9.55. The van der Waals surface area contributed by atoms with Crippen LogP contribution >= 0.6 is 0 Å². The zero-order valence-electron chi connectivity index (χ0n) is 11.6. The van der Waals surface area contributed by atoms with Crippen LogP contribution in [0.1, 0.15) is 30.9 Å². The molecule has 0 spiro atoms. The molecule has 1 saturated carbocycles. The topological polar surface area (TPSA) is 49.8 Å². The summed E-state index contributed by atoms with van der Waals surface area (Å²) in [5.74, 6) is 0.775. The van der Waals surface area contributed by atoms with E-state index in [4.69, 9.17) is 4.74 Å². The predicted octanol–water partition coefficient (Wildman–Crippen LogP) is 1.75. The Labute approximate surface area is 119 Å². The number of ether oxygens (including phenoxy) is 1. The Hall–Kier alpha value is -1.39. The van der Waals surface area contributed by atoms with Crippen molar-refractivity contribution in [1.29, 1.82) is 0 Å². The number of hydrogen-bond acceptors (Lipinski definition) is 3. The second-order valence-corrected chi connectivity index (χ2v) is 5.68. The van der Waals surface area contributed by atoms with E-state index in [9.17, 15) is 9.90 Å². The Morgan fingerprint density at radius 3 is 2.70 bits per heavy atom. The number of aliphatic hydroxyl groups excluding tert-OH is 1. The Morgan fingerprint density at radius 2 is 2.05 bits per heavy atom. The summed E-state index contributed by atoms with van der Waals surface area (Å²) in [5.41, 5.74) is 1.04. The molecule has 2 fully saturated rings. The third-order valence-corrected chi connectivity index (χ3v) is 4.15. The second-order valence-electron chi connectivity index (χ2n) is 5.68. The normalized spacial score (nSPS) is 26.6. The number of morpholine rings is 1. The number of carbonyl (C=O) groups excluding carboxylic acids is 1. The van der Waals surface area contributed by atoms with Gasteiger partial charge < -0.3 is 14.7 Å². The van der Waals surface area contributed by atoms with Crippen LogP contribution in [-0.4, -0.2) is 41.8 Å². The third-order valence-electron chi connectivity index (χ3n) is 4.15. The van der Waals surface area contributed by atoms with Crippen LogP contribution in [0.4, 0.5) is 0 Å². The summed E-state index contributed by atoms with van der Waals surface area (Å²) < 4.78 is 5.65. The van der Waals surface area contributed by atoms with Crippen LogP contribution in [0.5, 0.6) is 0 Å². The van der Waals surface area contributed by atoms with Gasteiger partial charge in [0.1, 0.15) is 6.10 Å². The predicted molar refractivity (Wildman–Crippen MR) is 75.1 cm³/mol. The van der Waals surface area contributed by atoms with Crippen LogP contribution in [0.3, 0.4) is 0 Å².